The van der Waals surface area contributed by atoms with Crippen molar-refractivity contribution in [2.24, 2.45) is 11.8 Å². The van der Waals surface area contributed by atoms with Crippen LogP contribution >= 0.6 is 0 Å². The van der Waals surface area contributed by atoms with Crippen molar-refractivity contribution in [1.29, 1.82) is 0 Å². The molecule has 1 amide bonds. The molecule has 5 nitrogen and oxygen atoms in total. The van der Waals surface area contributed by atoms with Crippen molar-refractivity contribution >= 4 is 12.1 Å². The van der Waals surface area contributed by atoms with E-state index in [1.165, 1.54) is 22.3 Å². The van der Waals surface area contributed by atoms with Crippen LogP contribution in [0.15, 0.2) is 48.5 Å². The number of benzene rings is 2. The lowest BCUT2D eigenvalue weighted by atomic mass is 9.73. The number of carboxylic acids is 1. The van der Waals surface area contributed by atoms with Crippen LogP contribution in [0.2, 0.25) is 0 Å². The molecule has 3 atom stereocenters. The maximum absolute atomic E-state index is 12.8. The van der Waals surface area contributed by atoms with Gasteiger partial charge in [0.1, 0.15) is 6.61 Å². The second kappa shape index (κ2) is 6.66. The summed E-state index contributed by atoms with van der Waals surface area (Å²) in [6, 6.07) is 16.3. The number of carbonyl (C=O) groups excluding carboxylic acids is 1. The van der Waals surface area contributed by atoms with Gasteiger partial charge in [-0.2, -0.15) is 0 Å². The number of aliphatic carboxylic acids is 1. The lowest BCUT2D eigenvalue weighted by Crippen LogP contribution is -2.57. The van der Waals surface area contributed by atoms with Crippen LogP contribution in [0.5, 0.6) is 0 Å². The highest BCUT2D eigenvalue weighted by atomic mass is 16.6. The second-order valence-electron chi connectivity index (χ2n) is 8.15. The minimum atomic E-state index is -0.800. The number of ether oxygens (including phenoxy) is 1. The Morgan fingerprint density at radius 3 is 2.25 bits per heavy atom. The van der Waals surface area contributed by atoms with Crippen molar-refractivity contribution in [2.75, 3.05) is 13.2 Å². The monoisotopic (exact) mass is 377 g/mol. The number of rotatable bonds is 3. The van der Waals surface area contributed by atoms with E-state index in [1.807, 2.05) is 24.3 Å². The summed E-state index contributed by atoms with van der Waals surface area (Å²) in [7, 11) is 0. The minimum Gasteiger partial charge on any atom is -0.481 e. The molecule has 2 bridgehead atoms. The van der Waals surface area contributed by atoms with Crippen molar-refractivity contribution < 1.29 is 19.4 Å². The van der Waals surface area contributed by atoms with Gasteiger partial charge in [-0.15, -0.1) is 0 Å². The molecule has 6 rings (SSSR count). The number of fused-ring (bicyclic) bond motifs is 6. The molecular formula is C23H23NO4. The van der Waals surface area contributed by atoms with E-state index in [1.54, 1.807) is 4.90 Å². The third kappa shape index (κ3) is 2.68. The van der Waals surface area contributed by atoms with Crippen LogP contribution in [0.1, 0.15) is 36.3 Å². The van der Waals surface area contributed by atoms with Gasteiger partial charge in [0.25, 0.3) is 0 Å². The van der Waals surface area contributed by atoms with Crippen molar-refractivity contribution in [3.05, 3.63) is 59.7 Å². The van der Waals surface area contributed by atoms with Gasteiger partial charge in [-0.1, -0.05) is 48.5 Å². The summed E-state index contributed by atoms with van der Waals surface area (Å²) in [5.74, 6) is -0.973. The highest BCUT2D eigenvalue weighted by molar-refractivity contribution is 5.79. The van der Waals surface area contributed by atoms with E-state index < -0.39 is 11.9 Å². The van der Waals surface area contributed by atoms with Gasteiger partial charge in [0.05, 0.1) is 5.92 Å². The molecule has 0 radical (unpaired) electrons. The van der Waals surface area contributed by atoms with Crippen molar-refractivity contribution in [1.82, 2.24) is 4.90 Å². The highest BCUT2D eigenvalue weighted by Crippen LogP contribution is 2.45. The number of hydrogen-bond donors (Lipinski definition) is 1. The summed E-state index contributed by atoms with van der Waals surface area (Å²) < 4.78 is 5.75. The van der Waals surface area contributed by atoms with Gasteiger partial charge in [0.15, 0.2) is 0 Å². The predicted octanol–water partition coefficient (Wildman–Crippen LogP) is 4.12. The molecule has 2 aliphatic carbocycles. The average molecular weight is 377 g/mol. The van der Waals surface area contributed by atoms with Gasteiger partial charge in [-0.3, -0.25) is 4.79 Å². The maximum atomic E-state index is 12.8. The fourth-order valence-corrected chi connectivity index (χ4v) is 5.35. The molecule has 2 aromatic carbocycles. The zero-order valence-corrected chi connectivity index (χ0v) is 15.6. The topological polar surface area (TPSA) is 66.8 Å². The van der Waals surface area contributed by atoms with Gasteiger partial charge >= 0.3 is 12.1 Å². The Morgan fingerprint density at radius 1 is 1.00 bits per heavy atom. The van der Waals surface area contributed by atoms with E-state index in [0.29, 0.717) is 13.0 Å². The summed E-state index contributed by atoms with van der Waals surface area (Å²) in [6.45, 7) is 0.892. The highest BCUT2D eigenvalue weighted by Gasteiger charge is 2.46. The smallest absolute Gasteiger partial charge is 0.410 e. The van der Waals surface area contributed by atoms with E-state index >= 15 is 0 Å². The van der Waals surface area contributed by atoms with Crippen molar-refractivity contribution in [3.63, 3.8) is 0 Å². The molecule has 0 spiro atoms. The lowest BCUT2D eigenvalue weighted by Gasteiger charge is -2.47. The Bertz CT molecular complexity index is 894. The van der Waals surface area contributed by atoms with Gasteiger partial charge in [-0.25, -0.2) is 4.79 Å². The third-order valence-electron chi connectivity index (χ3n) is 6.67. The van der Waals surface area contributed by atoms with Crippen LogP contribution in [0.3, 0.4) is 0 Å². The Labute approximate surface area is 163 Å². The van der Waals surface area contributed by atoms with Crippen molar-refractivity contribution in [3.8, 4) is 11.1 Å². The van der Waals surface area contributed by atoms with E-state index in [-0.39, 0.29) is 30.6 Å². The first-order valence-electron chi connectivity index (χ1n) is 9.98. The molecule has 1 saturated carbocycles. The SMILES string of the molecule is O=C(O)[C@@H]1C[C@H]2CC[C@H]1N(C(=O)OCC1c3ccccc3-c3ccccc31)C2. The second-order valence-corrected chi connectivity index (χ2v) is 8.15. The Balaban J connectivity index is 1.34. The fourth-order valence-electron chi connectivity index (χ4n) is 5.35. The van der Waals surface area contributed by atoms with Crippen LogP contribution in [-0.2, 0) is 9.53 Å². The third-order valence-corrected chi connectivity index (χ3v) is 6.67. The molecular weight excluding hydrogens is 354 g/mol. The van der Waals surface area contributed by atoms with Crippen LogP contribution in [-0.4, -0.2) is 41.3 Å². The number of hydrogen-bond acceptors (Lipinski definition) is 3. The minimum absolute atomic E-state index is 0.0219. The van der Waals surface area contributed by atoms with Crippen LogP contribution in [0, 0.1) is 11.8 Å². The summed E-state index contributed by atoms with van der Waals surface area (Å²) in [4.78, 5) is 26.1. The van der Waals surface area contributed by atoms with Gasteiger partial charge in [0.2, 0.25) is 0 Å². The fraction of sp³-hybridized carbons (Fsp3) is 0.391. The van der Waals surface area contributed by atoms with E-state index in [9.17, 15) is 14.7 Å². The molecule has 5 heteroatoms. The quantitative estimate of drug-likeness (QED) is 0.874. The van der Waals surface area contributed by atoms with Crippen LogP contribution in [0.4, 0.5) is 4.79 Å². The number of nitrogens with zero attached hydrogens (tertiary/aromatic N) is 1. The van der Waals surface area contributed by atoms with E-state index in [2.05, 4.69) is 24.3 Å². The van der Waals surface area contributed by atoms with Crippen LogP contribution in [0.25, 0.3) is 11.1 Å². The van der Waals surface area contributed by atoms with Gasteiger partial charge in [-0.05, 0) is 47.4 Å². The van der Waals surface area contributed by atoms with E-state index in [0.717, 1.165) is 12.8 Å². The summed E-state index contributed by atoms with van der Waals surface area (Å²) in [5, 5.41) is 9.50. The molecule has 4 aliphatic rings. The summed E-state index contributed by atoms with van der Waals surface area (Å²) in [6.07, 6.45) is 2.06. The Kier molecular flexibility index (Phi) is 4.11. The number of carboxylic acid groups (broad SMARTS) is 1. The summed E-state index contributed by atoms with van der Waals surface area (Å²) >= 11 is 0. The van der Waals surface area contributed by atoms with Gasteiger partial charge in [0, 0.05) is 18.5 Å². The Hall–Kier alpha value is -2.82. The molecule has 0 unspecified atom stereocenters. The molecule has 28 heavy (non-hydrogen) atoms. The standard InChI is InChI=1S/C23H23NO4/c25-22(26)19-11-14-9-10-21(19)24(12-14)23(27)28-13-20-17-7-3-1-5-15(17)16-6-2-4-8-18(16)20/h1-8,14,19-21H,9-13H2,(H,25,26)/t14-,19-,21-/m1/s1. The predicted molar refractivity (Wildman–Crippen MR) is 104 cm³/mol. The first-order chi connectivity index (χ1) is 13.6. The Morgan fingerprint density at radius 2 is 1.64 bits per heavy atom. The molecule has 144 valence electrons. The molecule has 2 aliphatic heterocycles. The number of piperidine rings is 2. The molecule has 2 heterocycles. The first kappa shape index (κ1) is 17.3. The van der Waals surface area contributed by atoms with Gasteiger partial charge < -0.3 is 14.7 Å². The maximum Gasteiger partial charge on any atom is 0.410 e. The normalized spacial score (nSPS) is 25.3. The van der Waals surface area contributed by atoms with Crippen molar-refractivity contribution in [2.45, 2.75) is 31.2 Å². The molecule has 2 aromatic rings. The first-order valence-corrected chi connectivity index (χ1v) is 9.98. The summed E-state index contributed by atoms with van der Waals surface area (Å²) in [5.41, 5.74) is 4.75. The largest absolute Gasteiger partial charge is 0.481 e. The lowest BCUT2D eigenvalue weighted by molar-refractivity contribution is -0.149. The molecule has 1 N–H and O–H groups in total. The van der Waals surface area contributed by atoms with Crippen LogP contribution < -0.4 is 0 Å². The molecule has 0 aromatic heterocycles. The zero-order valence-electron chi connectivity index (χ0n) is 15.6. The zero-order chi connectivity index (χ0) is 19.3. The molecule has 2 saturated heterocycles. The number of carbonyl (C=O) groups is 2. The molecule has 3 fully saturated rings. The number of amides is 1. The average Bonchev–Trinajstić information content (AvgIpc) is 3.06. The van der Waals surface area contributed by atoms with E-state index in [4.69, 9.17) is 4.74 Å².